The second kappa shape index (κ2) is 12.1. The van der Waals surface area contributed by atoms with Crippen LogP contribution in [-0.2, 0) is 32.5 Å². The fraction of sp³-hybridized carbons (Fsp3) is 0.417. The zero-order chi connectivity index (χ0) is 25.4. The highest BCUT2D eigenvalue weighted by atomic mass is 32.2. The van der Waals surface area contributed by atoms with E-state index in [9.17, 15) is 17.6 Å². The number of hydrogen-bond acceptors (Lipinski definition) is 5. The number of halogens is 1. The Balaban J connectivity index is 1.91. The molecule has 1 unspecified atom stereocenters. The molecule has 0 saturated carbocycles. The van der Waals surface area contributed by atoms with Crippen LogP contribution in [0.3, 0.4) is 0 Å². The molecule has 0 radical (unpaired) electrons. The molecule has 2 aromatic rings. The molecule has 0 aliphatic rings. The fourth-order valence-corrected chi connectivity index (χ4v) is 3.70. The molecule has 2 aromatic carbocycles. The minimum absolute atomic E-state index is 0.00718. The molecule has 7 nitrogen and oxygen atoms in total. The number of sulfonamides is 1. The number of carbonyl (C=O) groups excluding carboxylic acids is 1. The van der Waals surface area contributed by atoms with Crippen LogP contribution in [0.5, 0.6) is 0 Å². The number of nitrogens with one attached hydrogen (secondary N) is 3. The largest absolute Gasteiger partial charge is 0.465 e. The highest BCUT2D eigenvalue weighted by molar-refractivity contribution is 7.92. The first kappa shape index (κ1) is 27.5. The number of anilines is 1. The van der Waals surface area contributed by atoms with Gasteiger partial charge in [-0.3, -0.25) is 9.52 Å². The molecule has 0 bridgehead atoms. The molecule has 3 N–H and O–H groups in total. The first-order valence-electron chi connectivity index (χ1n) is 10.8. The van der Waals surface area contributed by atoms with Crippen LogP contribution in [0, 0.1) is 17.2 Å². The topological polar surface area (TPSA) is 96.5 Å². The smallest absolute Gasteiger partial charge is 0.311 e. The van der Waals surface area contributed by atoms with Crippen LogP contribution in [0.1, 0.15) is 31.9 Å². The van der Waals surface area contributed by atoms with E-state index in [1.165, 1.54) is 12.1 Å². The molecule has 0 amide bonds. The second-order valence-corrected chi connectivity index (χ2v) is 11.3. The Morgan fingerprint density at radius 3 is 2.35 bits per heavy atom. The van der Waals surface area contributed by atoms with Gasteiger partial charge in [-0.1, -0.05) is 36.4 Å². The summed E-state index contributed by atoms with van der Waals surface area (Å²) in [5.41, 5.74) is 1.03. The summed E-state index contributed by atoms with van der Waals surface area (Å²) in [7, 11) is -3.56. The summed E-state index contributed by atoms with van der Waals surface area (Å²) in [5, 5.41) is 6.52. The minimum atomic E-state index is -3.56. The van der Waals surface area contributed by atoms with E-state index in [4.69, 9.17) is 17.0 Å². The highest BCUT2D eigenvalue weighted by Crippen LogP contribution is 2.18. The van der Waals surface area contributed by atoms with Gasteiger partial charge in [-0.15, -0.1) is 0 Å². The normalized spacial score (nSPS) is 12.5. The van der Waals surface area contributed by atoms with E-state index in [2.05, 4.69) is 15.4 Å². The maximum absolute atomic E-state index is 14.2. The molecule has 1 atom stereocenters. The third-order valence-electron chi connectivity index (χ3n) is 4.76. The van der Waals surface area contributed by atoms with Gasteiger partial charge in [0.15, 0.2) is 5.11 Å². The molecule has 0 spiro atoms. The Morgan fingerprint density at radius 1 is 1.09 bits per heavy atom. The van der Waals surface area contributed by atoms with Gasteiger partial charge in [-0.2, -0.15) is 0 Å². The molecule has 34 heavy (non-hydrogen) atoms. The van der Waals surface area contributed by atoms with Crippen molar-refractivity contribution in [2.45, 2.75) is 33.7 Å². The first-order chi connectivity index (χ1) is 15.8. The number of benzene rings is 2. The van der Waals surface area contributed by atoms with Crippen molar-refractivity contribution in [2.75, 3.05) is 24.1 Å². The number of esters is 1. The molecular formula is C24H32FN3O4S2. The summed E-state index contributed by atoms with van der Waals surface area (Å²) in [4.78, 5) is 12.2. The fourth-order valence-electron chi connectivity index (χ4n) is 2.98. The lowest BCUT2D eigenvalue weighted by molar-refractivity contribution is -0.154. The van der Waals surface area contributed by atoms with Crippen LogP contribution in [0.25, 0.3) is 0 Å². The predicted octanol–water partition coefficient (Wildman–Crippen LogP) is 3.61. The number of thiocarbonyl (C=S) groups is 1. The van der Waals surface area contributed by atoms with Crippen molar-refractivity contribution < 1.29 is 22.3 Å². The molecule has 0 aromatic heterocycles. The van der Waals surface area contributed by atoms with Gasteiger partial charge >= 0.3 is 5.97 Å². The van der Waals surface area contributed by atoms with Crippen molar-refractivity contribution in [3.8, 4) is 0 Å². The van der Waals surface area contributed by atoms with E-state index >= 15 is 0 Å². The summed E-state index contributed by atoms with van der Waals surface area (Å²) in [5.74, 6) is -0.943. The van der Waals surface area contributed by atoms with Crippen LogP contribution in [0.4, 0.5) is 10.1 Å². The van der Waals surface area contributed by atoms with E-state index in [1.54, 1.807) is 6.07 Å². The Bertz CT molecular complexity index is 1090. The van der Waals surface area contributed by atoms with Crippen molar-refractivity contribution in [3.63, 3.8) is 0 Å². The molecule has 186 valence electrons. The standard InChI is InChI=1S/C24H32FN3O4S2/c1-24(2,3)22(29)32-16-19(12-17-8-6-5-7-9-17)15-27-23(33)26-14-18-10-11-21(20(25)13-18)28-34(4,30)31/h5-11,13,19,28H,12,14-16H2,1-4H3,(H2,26,27,33). The van der Waals surface area contributed by atoms with E-state index in [0.717, 1.165) is 11.8 Å². The Hall–Kier alpha value is -2.72. The van der Waals surface area contributed by atoms with Crippen molar-refractivity contribution >= 4 is 39.0 Å². The maximum atomic E-state index is 14.2. The van der Waals surface area contributed by atoms with Crippen LogP contribution >= 0.6 is 12.2 Å². The average molecular weight is 510 g/mol. The van der Waals surface area contributed by atoms with Gasteiger partial charge < -0.3 is 15.4 Å². The summed E-state index contributed by atoms with van der Waals surface area (Å²) in [6.45, 7) is 6.41. The number of carbonyl (C=O) groups is 1. The van der Waals surface area contributed by atoms with Gasteiger partial charge in [0.05, 0.1) is 24.0 Å². The van der Waals surface area contributed by atoms with Gasteiger partial charge in [0, 0.05) is 19.0 Å². The highest BCUT2D eigenvalue weighted by Gasteiger charge is 2.24. The third kappa shape index (κ3) is 10.0. The minimum Gasteiger partial charge on any atom is -0.465 e. The van der Waals surface area contributed by atoms with E-state index in [1.807, 2.05) is 51.1 Å². The Labute approximate surface area is 206 Å². The summed E-state index contributed by atoms with van der Waals surface area (Å²) < 4.78 is 44.4. The molecule has 0 fully saturated rings. The van der Waals surface area contributed by atoms with E-state index in [-0.39, 0.29) is 30.7 Å². The second-order valence-electron chi connectivity index (χ2n) is 9.16. The quantitative estimate of drug-likeness (QED) is 0.333. The van der Waals surface area contributed by atoms with E-state index in [0.29, 0.717) is 23.6 Å². The lowest BCUT2D eigenvalue weighted by Crippen LogP contribution is -2.39. The Morgan fingerprint density at radius 2 is 1.76 bits per heavy atom. The number of hydrogen-bond donors (Lipinski definition) is 3. The monoisotopic (exact) mass is 509 g/mol. The van der Waals surface area contributed by atoms with Crippen molar-refractivity contribution in [2.24, 2.45) is 11.3 Å². The molecule has 10 heteroatoms. The summed E-state index contributed by atoms with van der Waals surface area (Å²) in [6.07, 6.45) is 1.66. The lowest BCUT2D eigenvalue weighted by Gasteiger charge is -2.22. The third-order valence-corrected chi connectivity index (χ3v) is 5.64. The zero-order valence-corrected chi connectivity index (χ0v) is 21.5. The van der Waals surface area contributed by atoms with Gasteiger partial charge in [0.2, 0.25) is 10.0 Å². The van der Waals surface area contributed by atoms with Crippen LogP contribution in [0.15, 0.2) is 48.5 Å². The average Bonchev–Trinajstić information content (AvgIpc) is 2.74. The zero-order valence-electron chi connectivity index (χ0n) is 19.9. The molecule has 0 aliphatic heterocycles. The van der Waals surface area contributed by atoms with Crippen molar-refractivity contribution in [3.05, 3.63) is 65.5 Å². The van der Waals surface area contributed by atoms with Crippen LogP contribution < -0.4 is 15.4 Å². The number of rotatable bonds is 10. The van der Waals surface area contributed by atoms with Gasteiger partial charge in [-0.05, 0) is 62.7 Å². The van der Waals surface area contributed by atoms with E-state index < -0.39 is 21.3 Å². The molecular weight excluding hydrogens is 477 g/mol. The van der Waals surface area contributed by atoms with Gasteiger partial charge in [0.1, 0.15) is 5.82 Å². The van der Waals surface area contributed by atoms with Crippen molar-refractivity contribution in [1.82, 2.24) is 10.6 Å². The summed E-state index contributed by atoms with van der Waals surface area (Å²) >= 11 is 5.35. The SMILES string of the molecule is CC(C)(C)C(=O)OCC(CNC(=S)NCc1ccc(NS(C)(=O)=O)c(F)c1)Cc1ccccc1. The molecule has 0 aliphatic carbocycles. The lowest BCUT2D eigenvalue weighted by atomic mass is 9.97. The first-order valence-corrected chi connectivity index (χ1v) is 13.1. The van der Waals surface area contributed by atoms with Crippen LogP contribution in [-0.4, -0.2) is 38.9 Å². The van der Waals surface area contributed by atoms with Gasteiger partial charge in [0.25, 0.3) is 0 Å². The summed E-state index contributed by atoms with van der Waals surface area (Å²) in [6, 6.07) is 14.1. The molecule has 0 heterocycles. The molecule has 2 rings (SSSR count). The molecule has 0 saturated heterocycles. The van der Waals surface area contributed by atoms with Crippen molar-refractivity contribution in [1.29, 1.82) is 0 Å². The van der Waals surface area contributed by atoms with Gasteiger partial charge in [-0.25, -0.2) is 12.8 Å². The Kier molecular flexibility index (Phi) is 9.81. The number of ether oxygens (including phenoxy) is 1. The maximum Gasteiger partial charge on any atom is 0.311 e. The predicted molar refractivity (Wildman–Crippen MR) is 136 cm³/mol. The van der Waals surface area contributed by atoms with Crippen LogP contribution in [0.2, 0.25) is 0 Å².